The van der Waals surface area contributed by atoms with Gasteiger partial charge in [-0.3, -0.25) is 4.79 Å². The van der Waals surface area contributed by atoms with Crippen molar-refractivity contribution < 1.29 is 18.0 Å². The zero-order valence-corrected chi connectivity index (χ0v) is 11.3. The summed E-state index contributed by atoms with van der Waals surface area (Å²) in [5.41, 5.74) is -0.340. The normalized spacial score (nSPS) is 16.2. The Balaban J connectivity index is 2.07. The van der Waals surface area contributed by atoms with E-state index in [0.29, 0.717) is 0 Å². The predicted molar refractivity (Wildman–Crippen MR) is 66.6 cm³/mol. The van der Waals surface area contributed by atoms with Crippen molar-refractivity contribution in [1.82, 2.24) is 9.88 Å². The first-order chi connectivity index (χ1) is 8.88. The number of hydrogen-bond donors (Lipinski definition) is 0. The number of nitrogens with zero attached hydrogens (tertiary/aromatic N) is 2. The molecule has 1 aromatic rings. The first-order valence-corrected chi connectivity index (χ1v) is 6.34. The lowest BCUT2D eigenvalue weighted by atomic mass is 10.1. The van der Waals surface area contributed by atoms with Gasteiger partial charge in [-0.15, -0.1) is 0 Å². The van der Waals surface area contributed by atoms with E-state index < -0.39 is 11.7 Å². The smallest absolute Gasteiger partial charge is 0.333 e. The molecule has 1 aliphatic rings. The van der Waals surface area contributed by atoms with E-state index in [-0.39, 0.29) is 31.1 Å². The van der Waals surface area contributed by atoms with E-state index in [0.717, 1.165) is 10.5 Å². The van der Waals surface area contributed by atoms with Crippen LogP contribution in [0.5, 0.6) is 0 Å². The molecule has 0 N–H and O–H groups in total. The van der Waals surface area contributed by atoms with Crippen LogP contribution in [0.3, 0.4) is 0 Å². The van der Waals surface area contributed by atoms with Crippen LogP contribution < -0.4 is 0 Å². The Morgan fingerprint density at radius 3 is 2.58 bits per heavy atom. The molecule has 0 atom stereocenters. The van der Waals surface area contributed by atoms with E-state index >= 15 is 0 Å². The highest BCUT2D eigenvalue weighted by atomic mass is 79.9. The summed E-state index contributed by atoms with van der Waals surface area (Å²) < 4.78 is 38.1. The van der Waals surface area contributed by atoms with Gasteiger partial charge in [-0.2, -0.15) is 13.2 Å². The third-order valence-corrected chi connectivity index (χ3v) is 3.28. The average Bonchev–Trinajstić information content (AvgIpc) is 2.38. The molecule has 3 nitrogen and oxygen atoms in total. The van der Waals surface area contributed by atoms with Crippen LogP contribution in [0, 0.1) is 0 Å². The topological polar surface area (TPSA) is 33.2 Å². The predicted octanol–water partition coefficient (Wildman–Crippen LogP) is 3.18. The average molecular weight is 335 g/mol. The van der Waals surface area contributed by atoms with E-state index in [1.54, 1.807) is 6.07 Å². The fraction of sp³-hybridized carbons (Fsp3) is 0.333. The second kappa shape index (κ2) is 5.32. The van der Waals surface area contributed by atoms with Gasteiger partial charge in [0.2, 0.25) is 0 Å². The van der Waals surface area contributed by atoms with Crippen molar-refractivity contribution in [3.05, 3.63) is 40.1 Å². The Morgan fingerprint density at radius 2 is 2.11 bits per heavy atom. The molecule has 0 spiro atoms. The number of pyridine rings is 1. The molecule has 2 heterocycles. The number of halogens is 4. The van der Waals surface area contributed by atoms with Gasteiger partial charge in [-0.1, -0.05) is 6.08 Å². The Kier molecular flexibility index (Phi) is 3.93. The summed E-state index contributed by atoms with van der Waals surface area (Å²) >= 11 is 3.20. The second-order valence-corrected chi connectivity index (χ2v) is 5.01. The van der Waals surface area contributed by atoms with Crippen molar-refractivity contribution in [2.24, 2.45) is 0 Å². The standard InChI is InChI=1S/C12H10BrF3N2O/c13-9-1-2-10(17-7-9)11(19)18-5-3-8(4-6-18)12(14,15)16/h1-3,7H,4-6H2. The Hall–Kier alpha value is -1.37. The molecule has 7 heteroatoms. The van der Waals surface area contributed by atoms with Crippen LogP contribution in [-0.4, -0.2) is 35.1 Å². The third kappa shape index (κ3) is 3.34. The van der Waals surface area contributed by atoms with Gasteiger partial charge in [0.25, 0.3) is 5.91 Å². The second-order valence-electron chi connectivity index (χ2n) is 4.09. The van der Waals surface area contributed by atoms with Crippen LogP contribution in [-0.2, 0) is 0 Å². The Labute approximate surface area is 116 Å². The minimum absolute atomic E-state index is 0.0363. The summed E-state index contributed by atoms with van der Waals surface area (Å²) in [7, 11) is 0. The van der Waals surface area contributed by atoms with Gasteiger partial charge < -0.3 is 4.90 Å². The van der Waals surface area contributed by atoms with Crippen molar-refractivity contribution in [3.8, 4) is 0 Å². The van der Waals surface area contributed by atoms with Crippen molar-refractivity contribution in [1.29, 1.82) is 0 Å². The van der Waals surface area contributed by atoms with Gasteiger partial charge in [-0.25, -0.2) is 4.98 Å². The van der Waals surface area contributed by atoms with E-state index in [2.05, 4.69) is 20.9 Å². The van der Waals surface area contributed by atoms with Gasteiger partial charge in [0.05, 0.1) is 0 Å². The molecule has 0 radical (unpaired) electrons. The van der Waals surface area contributed by atoms with Crippen LogP contribution in [0.15, 0.2) is 34.5 Å². The summed E-state index contributed by atoms with van der Waals surface area (Å²) in [5.74, 6) is -0.357. The molecule has 0 unspecified atom stereocenters. The molecular formula is C12H10BrF3N2O. The monoisotopic (exact) mass is 334 g/mol. The fourth-order valence-electron chi connectivity index (χ4n) is 1.78. The van der Waals surface area contributed by atoms with Crippen LogP contribution >= 0.6 is 15.9 Å². The molecule has 1 aromatic heterocycles. The molecule has 0 aromatic carbocycles. The molecule has 1 amide bonds. The van der Waals surface area contributed by atoms with Gasteiger partial charge in [0, 0.05) is 29.3 Å². The maximum Gasteiger partial charge on any atom is 0.412 e. The number of amides is 1. The quantitative estimate of drug-likeness (QED) is 0.739. The van der Waals surface area contributed by atoms with Gasteiger partial charge in [-0.05, 0) is 34.5 Å². The lowest BCUT2D eigenvalue weighted by molar-refractivity contribution is -0.0957. The van der Waals surface area contributed by atoms with Crippen LogP contribution in [0.25, 0.3) is 0 Å². The molecule has 2 rings (SSSR count). The van der Waals surface area contributed by atoms with Gasteiger partial charge in [0.15, 0.2) is 0 Å². The SMILES string of the molecule is O=C(c1ccc(Br)cn1)N1CC=C(C(F)(F)F)CC1. The van der Waals surface area contributed by atoms with Gasteiger partial charge in [0.1, 0.15) is 5.69 Å². The number of carbonyl (C=O) groups excluding carboxylic acids is 1. The minimum Gasteiger partial charge on any atom is -0.333 e. The zero-order chi connectivity index (χ0) is 14.0. The molecular weight excluding hydrogens is 325 g/mol. The highest BCUT2D eigenvalue weighted by Crippen LogP contribution is 2.30. The first-order valence-electron chi connectivity index (χ1n) is 5.55. The largest absolute Gasteiger partial charge is 0.412 e. The summed E-state index contributed by atoms with van der Waals surface area (Å²) in [5, 5.41) is 0. The summed E-state index contributed by atoms with van der Waals surface area (Å²) in [6.07, 6.45) is -1.94. The van der Waals surface area contributed by atoms with E-state index in [1.807, 2.05) is 0 Å². The van der Waals surface area contributed by atoms with E-state index in [1.165, 1.54) is 17.2 Å². The maximum atomic E-state index is 12.4. The summed E-state index contributed by atoms with van der Waals surface area (Å²) in [4.78, 5) is 17.3. The molecule has 0 saturated carbocycles. The lowest BCUT2D eigenvalue weighted by Crippen LogP contribution is -2.37. The molecule has 102 valence electrons. The fourth-order valence-corrected chi connectivity index (χ4v) is 2.01. The Bertz CT molecular complexity index is 511. The Morgan fingerprint density at radius 1 is 1.37 bits per heavy atom. The summed E-state index contributed by atoms with van der Waals surface area (Å²) in [6, 6.07) is 3.20. The van der Waals surface area contributed by atoms with Crippen molar-refractivity contribution >= 4 is 21.8 Å². The molecule has 1 aliphatic heterocycles. The number of alkyl halides is 3. The molecule has 19 heavy (non-hydrogen) atoms. The maximum absolute atomic E-state index is 12.4. The first kappa shape index (κ1) is 14.0. The van der Waals surface area contributed by atoms with Crippen LogP contribution in [0.1, 0.15) is 16.9 Å². The molecule has 0 aliphatic carbocycles. The molecule has 0 saturated heterocycles. The minimum atomic E-state index is -4.30. The van der Waals surface area contributed by atoms with Crippen LogP contribution in [0.4, 0.5) is 13.2 Å². The van der Waals surface area contributed by atoms with E-state index in [4.69, 9.17) is 0 Å². The lowest BCUT2D eigenvalue weighted by Gasteiger charge is -2.27. The molecule has 0 bridgehead atoms. The number of aromatic nitrogens is 1. The van der Waals surface area contributed by atoms with Gasteiger partial charge >= 0.3 is 6.18 Å². The van der Waals surface area contributed by atoms with E-state index in [9.17, 15) is 18.0 Å². The zero-order valence-electron chi connectivity index (χ0n) is 9.75. The number of rotatable bonds is 1. The van der Waals surface area contributed by atoms with Crippen LogP contribution in [0.2, 0.25) is 0 Å². The number of hydrogen-bond acceptors (Lipinski definition) is 2. The van der Waals surface area contributed by atoms with Crippen molar-refractivity contribution in [2.45, 2.75) is 12.6 Å². The summed E-state index contributed by atoms with van der Waals surface area (Å²) in [6.45, 7) is 0.0212. The van der Waals surface area contributed by atoms with Crippen molar-refractivity contribution in [3.63, 3.8) is 0 Å². The number of carbonyl (C=O) groups is 1. The van der Waals surface area contributed by atoms with Crippen molar-refractivity contribution in [2.75, 3.05) is 13.1 Å². The molecule has 0 fully saturated rings. The third-order valence-electron chi connectivity index (χ3n) is 2.81. The highest BCUT2D eigenvalue weighted by Gasteiger charge is 2.35. The highest BCUT2D eigenvalue weighted by molar-refractivity contribution is 9.10.